The van der Waals surface area contributed by atoms with Gasteiger partial charge in [-0.05, 0) is 37.3 Å². The van der Waals surface area contributed by atoms with Crippen LogP contribution in [0.1, 0.15) is 17.3 Å². The van der Waals surface area contributed by atoms with E-state index in [0.717, 1.165) is 0 Å². The van der Waals surface area contributed by atoms with Gasteiger partial charge < -0.3 is 14.7 Å². The first-order valence-corrected chi connectivity index (χ1v) is 7.19. The molecule has 3 heterocycles. The van der Waals surface area contributed by atoms with Crippen LogP contribution < -0.4 is 10.9 Å². The van der Waals surface area contributed by atoms with Gasteiger partial charge >= 0.3 is 0 Å². The molecular formula is C16H16N4O3. The predicted octanol–water partition coefficient (Wildman–Crippen LogP) is 1.65. The minimum atomic E-state index is -0.456. The van der Waals surface area contributed by atoms with Crippen molar-refractivity contribution in [1.29, 1.82) is 0 Å². The predicted molar refractivity (Wildman–Crippen MR) is 83.9 cm³/mol. The SMILES string of the molecule is C[C@@H](Cn1cccn1)NC(=O)c1ccc(-c2ccco2)[nH]c1=O. The van der Waals surface area contributed by atoms with Gasteiger partial charge in [0.2, 0.25) is 0 Å². The van der Waals surface area contributed by atoms with Crippen LogP contribution in [0, 0.1) is 0 Å². The molecule has 7 heteroatoms. The van der Waals surface area contributed by atoms with E-state index in [4.69, 9.17) is 4.42 Å². The highest BCUT2D eigenvalue weighted by atomic mass is 16.3. The Bertz CT molecular complexity index is 835. The molecule has 0 aliphatic heterocycles. The third-order valence-corrected chi connectivity index (χ3v) is 3.34. The Kier molecular flexibility index (Phi) is 4.09. The summed E-state index contributed by atoms with van der Waals surface area (Å²) in [5.41, 5.74) is 0.136. The molecule has 118 valence electrons. The van der Waals surface area contributed by atoms with Crippen LogP contribution in [0.15, 0.2) is 58.2 Å². The zero-order valence-electron chi connectivity index (χ0n) is 12.5. The highest BCUT2D eigenvalue weighted by Crippen LogP contribution is 2.15. The van der Waals surface area contributed by atoms with Gasteiger partial charge in [0.25, 0.3) is 11.5 Å². The van der Waals surface area contributed by atoms with Crippen LogP contribution in [0.3, 0.4) is 0 Å². The highest BCUT2D eigenvalue weighted by Gasteiger charge is 2.15. The van der Waals surface area contributed by atoms with Gasteiger partial charge in [0.15, 0.2) is 0 Å². The van der Waals surface area contributed by atoms with Crippen LogP contribution >= 0.6 is 0 Å². The molecule has 0 aliphatic rings. The summed E-state index contributed by atoms with van der Waals surface area (Å²) in [5.74, 6) is 0.123. The van der Waals surface area contributed by atoms with E-state index in [1.807, 2.05) is 19.2 Å². The summed E-state index contributed by atoms with van der Waals surface area (Å²) in [5, 5.41) is 6.87. The summed E-state index contributed by atoms with van der Waals surface area (Å²) in [4.78, 5) is 27.0. The van der Waals surface area contributed by atoms with Crippen LogP contribution in [0.5, 0.6) is 0 Å². The van der Waals surface area contributed by atoms with Crippen molar-refractivity contribution < 1.29 is 9.21 Å². The van der Waals surface area contributed by atoms with Crippen LogP contribution in [0.25, 0.3) is 11.5 Å². The second-order valence-corrected chi connectivity index (χ2v) is 5.19. The third kappa shape index (κ3) is 3.39. The van der Waals surface area contributed by atoms with E-state index in [0.29, 0.717) is 18.0 Å². The van der Waals surface area contributed by atoms with Gasteiger partial charge in [-0.1, -0.05) is 0 Å². The molecule has 3 rings (SSSR count). The standard InChI is InChI=1S/C16H16N4O3/c1-11(10-20-8-3-7-17-20)18-15(21)12-5-6-13(19-16(12)22)14-4-2-9-23-14/h2-9,11H,10H2,1H3,(H,18,21)(H,19,22)/t11-/m0/s1. The summed E-state index contributed by atoms with van der Waals surface area (Å²) in [6, 6.07) is 8.25. The molecule has 0 spiro atoms. The summed E-state index contributed by atoms with van der Waals surface area (Å²) in [6.07, 6.45) is 5.01. The fourth-order valence-corrected chi connectivity index (χ4v) is 2.26. The van der Waals surface area contributed by atoms with Gasteiger partial charge in [0.1, 0.15) is 11.3 Å². The van der Waals surface area contributed by atoms with Crippen molar-refractivity contribution in [1.82, 2.24) is 20.1 Å². The van der Waals surface area contributed by atoms with Crippen molar-refractivity contribution >= 4 is 5.91 Å². The lowest BCUT2D eigenvalue weighted by Gasteiger charge is -2.13. The molecule has 0 radical (unpaired) electrons. The number of nitrogens with one attached hydrogen (secondary N) is 2. The monoisotopic (exact) mass is 312 g/mol. The Morgan fingerprint density at radius 2 is 2.26 bits per heavy atom. The molecule has 0 aliphatic carbocycles. The second kappa shape index (κ2) is 6.35. The fourth-order valence-electron chi connectivity index (χ4n) is 2.26. The molecule has 3 aromatic heterocycles. The number of hydrogen-bond donors (Lipinski definition) is 2. The molecule has 2 N–H and O–H groups in total. The van der Waals surface area contributed by atoms with Crippen molar-refractivity contribution in [2.75, 3.05) is 0 Å². The van der Waals surface area contributed by atoms with Crippen LogP contribution in [-0.2, 0) is 6.54 Å². The van der Waals surface area contributed by atoms with Crippen molar-refractivity contribution in [3.8, 4) is 11.5 Å². The van der Waals surface area contributed by atoms with Crippen molar-refractivity contribution in [3.63, 3.8) is 0 Å². The first-order chi connectivity index (χ1) is 11.1. The zero-order valence-corrected chi connectivity index (χ0v) is 12.5. The van der Waals surface area contributed by atoms with Gasteiger partial charge in [0, 0.05) is 18.4 Å². The number of furan rings is 1. The lowest BCUT2D eigenvalue weighted by Crippen LogP contribution is -2.38. The molecule has 3 aromatic rings. The molecule has 1 atom stereocenters. The number of carbonyl (C=O) groups is 1. The van der Waals surface area contributed by atoms with Crippen LogP contribution in [0.2, 0.25) is 0 Å². The Balaban J connectivity index is 1.71. The topological polar surface area (TPSA) is 92.9 Å². The Labute approximate surface area is 131 Å². The van der Waals surface area contributed by atoms with E-state index >= 15 is 0 Å². The summed E-state index contributed by atoms with van der Waals surface area (Å²) >= 11 is 0. The number of carbonyl (C=O) groups excluding carboxylic acids is 1. The number of hydrogen-bond acceptors (Lipinski definition) is 4. The van der Waals surface area contributed by atoms with Crippen molar-refractivity contribution in [2.24, 2.45) is 0 Å². The van der Waals surface area contributed by atoms with Crippen LogP contribution in [0.4, 0.5) is 0 Å². The second-order valence-electron chi connectivity index (χ2n) is 5.19. The lowest BCUT2D eigenvalue weighted by atomic mass is 10.2. The number of aromatic amines is 1. The van der Waals surface area contributed by atoms with E-state index < -0.39 is 11.5 Å². The molecule has 0 unspecified atom stereocenters. The fraction of sp³-hybridized carbons (Fsp3) is 0.188. The van der Waals surface area contributed by atoms with Gasteiger partial charge in [-0.25, -0.2) is 0 Å². The zero-order chi connectivity index (χ0) is 16.2. The van der Waals surface area contributed by atoms with Gasteiger partial charge in [-0.3, -0.25) is 14.3 Å². The number of aromatic nitrogens is 3. The average molecular weight is 312 g/mol. The number of H-pyrrole nitrogens is 1. The minimum Gasteiger partial charge on any atom is -0.463 e. The minimum absolute atomic E-state index is 0.0626. The van der Waals surface area contributed by atoms with E-state index in [-0.39, 0.29) is 11.6 Å². The lowest BCUT2D eigenvalue weighted by molar-refractivity contribution is 0.0934. The van der Waals surface area contributed by atoms with E-state index in [1.165, 1.54) is 12.3 Å². The summed E-state index contributed by atoms with van der Waals surface area (Å²) < 4.78 is 6.94. The molecule has 0 bridgehead atoms. The third-order valence-electron chi connectivity index (χ3n) is 3.34. The van der Waals surface area contributed by atoms with Crippen molar-refractivity contribution in [3.05, 3.63) is 64.9 Å². The van der Waals surface area contributed by atoms with E-state index in [9.17, 15) is 9.59 Å². The maximum absolute atomic E-state index is 12.2. The normalized spacial score (nSPS) is 12.0. The average Bonchev–Trinajstić information content (AvgIpc) is 3.19. The highest BCUT2D eigenvalue weighted by molar-refractivity contribution is 5.94. The molecular weight excluding hydrogens is 296 g/mol. The van der Waals surface area contributed by atoms with Gasteiger partial charge in [-0.2, -0.15) is 5.10 Å². The molecule has 7 nitrogen and oxygen atoms in total. The quantitative estimate of drug-likeness (QED) is 0.749. The molecule has 0 saturated carbocycles. The Morgan fingerprint density at radius 1 is 1.39 bits per heavy atom. The van der Waals surface area contributed by atoms with Crippen molar-refractivity contribution in [2.45, 2.75) is 19.5 Å². The number of pyridine rings is 1. The molecule has 1 amide bonds. The van der Waals surface area contributed by atoms with E-state index in [1.54, 1.807) is 29.1 Å². The smallest absolute Gasteiger partial charge is 0.261 e. The summed E-state index contributed by atoms with van der Waals surface area (Å²) in [7, 11) is 0. The molecule has 23 heavy (non-hydrogen) atoms. The first-order valence-electron chi connectivity index (χ1n) is 7.19. The molecule has 0 aromatic carbocycles. The van der Waals surface area contributed by atoms with Crippen LogP contribution in [-0.4, -0.2) is 26.7 Å². The Hall–Kier alpha value is -3.09. The largest absolute Gasteiger partial charge is 0.463 e. The molecule has 0 saturated heterocycles. The number of nitrogens with zero attached hydrogens (tertiary/aromatic N) is 2. The maximum Gasteiger partial charge on any atom is 0.261 e. The Morgan fingerprint density at radius 3 is 2.91 bits per heavy atom. The molecule has 0 fully saturated rings. The van der Waals surface area contributed by atoms with E-state index in [2.05, 4.69) is 15.4 Å². The van der Waals surface area contributed by atoms with Gasteiger partial charge in [-0.15, -0.1) is 0 Å². The first kappa shape index (κ1) is 14.8. The summed E-state index contributed by atoms with van der Waals surface area (Å²) in [6.45, 7) is 2.38. The van der Waals surface area contributed by atoms with Gasteiger partial charge in [0.05, 0.1) is 18.5 Å². The number of rotatable bonds is 5. The maximum atomic E-state index is 12.2. The number of amides is 1.